The number of carbonyl (C=O) groups is 2. The molecule has 2 heterocycles. The molecular formula is C18H18ClF3N6O4. The number of aromatic nitrogens is 4. The van der Waals surface area contributed by atoms with Crippen LogP contribution in [-0.2, 0) is 9.53 Å². The van der Waals surface area contributed by atoms with Gasteiger partial charge in [0.2, 0.25) is 11.9 Å². The number of anilines is 2. The molecule has 0 atom stereocenters. The fourth-order valence-corrected chi connectivity index (χ4v) is 3.54. The maximum absolute atomic E-state index is 12.9. The standard InChI is InChI=1S/C18H18ClF3N6O4/c19-13-11(16(30)24-17-25-26-27-28(17)10-1-2-10)3-4-12(32-18(20,21)22)14(13)23-15(29)9-5-7-31-8-6-9/h3-4,9-10H,1-2,5-8H2,(H,23,29)(H,24,25,27,30). The zero-order chi connectivity index (χ0) is 22.9. The maximum Gasteiger partial charge on any atom is 0.573 e. The van der Waals surface area contributed by atoms with Gasteiger partial charge in [0.05, 0.1) is 16.6 Å². The molecule has 1 saturated carbocycles. The van der Waals surface area contributed by atoms with Gasteiger partial charge in [-0.05, 0) is 48.2 Å². The first-order valence-electron chi connectivity index (χ1n) is 9.79. The summed E-state index contributed by atoms with van der Waals surface area (Å²) < 4.78 is 49.3. The predicted octanol–water partition coefficient (Wildman–Crippen LogP) is 3.18. The molecule has 0 spiro atoms. The third kappa shape index (κ3) is 5.10. The summed E-state index contributed by atoms with van der Waals surface area (Å²) in [5.41, 5.74) is -0.635. The van der Waals surface area contributed by atoms with Gasteiger partial charge in [-0.15, -0.1) is 13.2 Å². The van der Waals surface area contributed by atoms with Crippen molar-refractivity contribution < 1.29 is 32.2 Å². The zero-order valence-electron chi connectivity index (χ0n) is 16.5. The number of hydrogen-bond donors (Lipinski definition) is 2. The quantitative estimate of drug-likeness (QED) is 0.659. The number of tetrazole rings is 1. The fraction of sp³-hybridized carbons (Fsp3) is 0.500. The summed E-state index contributed by atoms with van der Waals surface area (Å²) >= 11 is 6.27. The van der Waals surface area contributed by atoms with Crippen LogP contribution in [0.3, 0.4) is 0 Å². The van der Waals surface area contributed by atoms with Crippen molar-refractivity contribution in [2.24, 2.45) is 5.92 Å². The summed E-state index contributed by atoms with van der Waals surface area (Å²) in [5, 5.41) is 15.5. The van der Waals surface area contributed by atoms with Crippen LogP contribution in [0.15, 0.2) is 12.1 Å². The number of nitrogens with one attached hydrogen (secondary N) is 2. The van der Waals surface area contributed by atoms with Gasteiger partial charge in [-0.25, -0.2) is 4.68 Å². The van der Waals surface area contributed by atoms with Gasteiger partial charge in [0, 0.05) is 19.1 Å². The Morgan fingerprint density at radius 1 is 1.16 bits per heavy atom. The van der Waals surface area contributed by atoms with Gasteiger partial charge in [-0.1, -0.05) is 16.7 Å². The molecule has 0 radical (unpaired) electrons. The number of halogens is 4. The number of ether oxygens (including phenoxy) is 2. The second-order valence-electron chi connectivity index (χ2n) is 7.36. The molecule has 2 aromatic rings. The van der Waals surface area contributed by atoms with Crippen LogP contribution in [-0.4, -0.2) is 51.6 Å². The molecule has 14 heteroatoms. The molecule has 0 unspecified atom stereocenters. The molecule has 1 aliphatic heterocycles. The van der Waals surface area contributed by atoms with Crippen molar-refractivity contribution in [3.8, 4) is 5.75 Å². The minimum atomic E-state index is -5.03. The Bertz CT molecular complexity index is 1020. The van der Waals surface area contributed by atoms with Crippen molar-refractivity contribution in [2.75, 3.05) is 23.8 Å². The molecular weight excluding hydrogens is 457 g/mol. The van der Waals surface area contributed by atoms with Crippen molar-refractivity contribution in [1.82, 2.24) is 20.2 Å². The van der Waals surface area contributed by atoms with E-state index in [1.807, 2.05) is 0 Å². The fourth-order valence-electron chi connectivity index (χ4n) is 3.25. The normalized spacial score (nSPS) is 17.1. The van der Waals surface area contributed by atoms with Crippen LogP contribution in [0.5, 0.6) is 5.75 Å². The van der Waals surface area contributed by atoms with Crippen LogP contribution < -0.4 is 15.4 Å². The van der Waals surface area contributed by atoms with E-state index >= 15 is 0 Å². The van der Waals surface area contributed by atoms with Crippen molar-refractivity contribution in [2.45, 2.75) is 38.1 Å². The summed E-state index contributed by atoms with van der Waals surface area (Å²) in [7, 11) is 0. The lowest BCUT2D eigenvalue weighted by atomic mass is 9.99. The van der Waals surface area contributed by atoms with Gasteiger partial charge >= 0.3 is 6.36 Å². The number of rotatable bonds is 6. The first-order valence-corrected chi connectivity index (χ1v) is 10.2. The van der Waals surface area contributed by atoms with Gasteiger partial charge in [-0.3, -0.25) is 14.9 Å². The highest BCUT2D eigenvalue weighted by Gasteiger charge is 2.35. The predicted molar refractivity (Wildman–Crippen MR) is 104 cm³/mol. The van der Waals surface area contributed by atoms with E-state index in [-0.39, 0.29) is 17.6 Å². The zero-order valence-corrected chi connectivity index (χ0v) is 17.2. The lowest BCUT2D eigenvalue weighted by molar-refractivity contribution is -0.274. The van der Waals surface area contributed by atoms with Gasteiger partial charge in [0.1, 0.15) is 5.69 Å². The van der Waals surface area contributed by atoms with Crippen molar-refractivity contribution in [1.29, 1.82) is 0 Å². The number of nitrogens with zero attached hydrogens (tertiary/aromatic N) is 4. The molecule has 1 aliphatic carbocycles. The average molecular weight is 475 g/mol. The largest absolute Gasteiger partial charge is 0.573 e. The second kappa shape index (κ2) is 8.90. The number of benzene rings is 1. The summed E-state index contributed by atoms with van der Waals surface area (Å²) in [4.78, 5) is 25.4. The van der Waals surface area contributed by atoms with Crippen LogP contribution in [0.2, 0.25) is 5.02 Å². The molecule has 2 amide bonds. The minimum Gasteiger partial charge on any atom is -0.404 e. The Labute approximate surface area is 184 Å². The molecule has 4 rings (SSSR count). The summed E-state index contributed by atoms with van der Waals surface area (Å²) in [6.45, 7) is 0.714. The number of hydrogen-bond acceptors (Lipinski definition) is 7. The SMILES string of the molecule is O=C(Nc1nnnn1C1CC1)c1ccc(OC(F)(F)F)c(NC(=O)C2CCOCC2)c1Cl. The summed E-state index contributed by atoms with van der Waals surface area (Å²) in [5.74, 6) is -2.43. The van der Waals surface area contributed by atoms with E-state index in [2.05, 4.69) is 30.9 Å². The van der Waals surface area contributed by atoms with Crippen LogP contribution in [0.4, 0.5) is 24.8 Å². The average Bonchev–Trinajstić information content (AvgIpc) is 3.49. The molecule has 1 aromatic heterocycles. The first-order chi connectivity index (χ1) is 15.2. The maximum atomic E-state index is 12.9. The summed E-state index contributed by atoms with van der Waals surface area (Å²) in [6.07, 6.45) is -2.50. The molecule has 1 saturated heterocycles. The molecule has 172 valence electrons. The smallest absolute Gasteiger partial charge is 0.404 e. The number of carbonyl (C=O) groups excluding carboxylic acids is 2. The van der Waals surface area contributed by atoms with Crippen molar-refractivity contribution >= 4 is 35.1 Å². The van der Waals surface area contributed by atoms with E-state index < -0.39 is 40.6 Å². The van der Waals surface area contributed by atoms with E-state index in [1.165, 1.54) is 4.68 Å². The Morgan fingerprint density at radius 3 is 2.53 bits per heavy atom. The first kappa shape index (κ1) is 22.3. The van der Waals surface area contributed by atoms with Gasteiger partial charge in [0.25, 0.3) is 5.91 Å². The molecule has 32 heavy (non-hydrogen) atoms. The van der Waals surface area contributed by atoms with Crippen LogP contribution in [0.25, 0.3) is 0 Å². The number of amides is 2. The van der Waals surface area contributed by atoms with E-state index in [0.717, 1.165) is 25.0 Å². The lowest BCUT2D eigenvalue weighted by Gasteiger charge is -2.23. The van der Waals surface area contributed by atoms with E-state index in [4.69, 9.17) is 16.3 Å². The van der Waals surface area contributed by atoms with Crippen molar-refractivity contribution in [3.63, 3.8) is 0 Å². The lowest BCUT2D eigenvalue weighted by Crippen LogP contribution is -2.29. The third-order valence-corrected chi connectivity index (χ3v) is 5.42. The van der Waals surface area contributed by atoms with Crippen LogP contribution >= 0.6 is 11.6 Å². The highest BCUT2D eigenvalue weighted by Crippen LogP contribution is 2.39. The van der Waals surface area contributed by atoms with Crippen molar-refractivity contribution in [3.05, 3.63) is 22.7 Å². The topological polar surface area (TPSA) is 120 Å². The summed E-state index contributed by atoms with van der Waals surface area (Å²) in [6, 6.07) is 2.05. The molecule has 2 aliphatic rings. The van der Waals surface area contributed by atoms with Gasteiger partial charge in [0.15, 0.2) is 5.75 Å². The molecule has 2 fully saturated rings. The Hall–Kier alpha value is -2.93. The van der Waals surface area contributed by atoms with Gasteiger partial charge < -0.3 is 14.8 Å². The van der Waals surface area contributed by atoms with Gasteiger partial charge in [-0.2, -0.15) is 0 Å². The second-order valence-corrected chi connectivity index (χ2v) is 7.73. The van der Waals surface area contributed by atoms with E-state index in [9.17, 15) is 22.8 Å². The van der Waals surface area contributed by atoms with Crippen LogP contribution in [0.1, 0.15) is 42.1 Å². The molecule has 0 bridgehead atoms. The van der Waals surface area contributed by atoms with E-state index in [1.54, 1.807) is 0 Å². The monoisotopic (exact) mass is 474 g/mol. The highest BCUT2D eigenvalue weighted by molar-refractivity contribution is 6.37. The van der Waals surface area contributed by atoms with E-state index in [0.29, 0.717) is 26.1 Å². The molecule has 2 N–H and O–H groups in total. The third-order valence-electron chi connectivity index (χ3n) is 5.03. The Morgan fingerprint density at radius 2 is 1.88 bits per heavy atom. The number of alkyl halides is 3. The molecule has 10 nitrogen and oxygen atoms in total. The Kier molecular flexibility index (Phi) is 6.20. The minimum absolute atomic E-state index is 0.0765. The molecule has 1 aromatic carbocycles. The highest BCUT2D eigenvalue weighted by atomic mass is 35.5. The van der Waals surface area contributed by atoms with Crippen LogP contribution in [0, 0.1) is 5.92 Å². The Balaban J connectivity index is 1.61.